The van der Waals surface area contributed by atoms with Gasteiger partial charge in [-0.2, -0.15) is 0 Å². The molecule has 5 nitrogen and oxygen atoms in total. The van der Waals surface area contributed by atoms with Crippen molar-refractivity contribution in [2.45, 2.75) is 54.0 Å². The van der Waals surface area contributed by atoms with Crippen LogP contribution in [0, 0.1) is 20.8 Å². The minimum absolute atomic E-state index is 0.249. The van der Waals surface area contributed by atoms with E-state index in [0.717, 1.165) is 33.2 Å². The summed E-state index contributed by atoms with van der Waals surface area (Å²) in [7, 11) is 0. The Kier molecular flexibility index (Phi) is 7.69. The average molecular weight is 515 g/mol. The molecule has 0 aliphatic rings. The fourth-order valence-corrected chi connectivity index (χ4v) is 5.60. The quantitative estimate of drug-likeness (QED) is 0.191. The molecule has 4 aromatic rings. The molecule has 2 aromatic carbocycles. The number of carbonyl (C=O) groups excluding carboxylic acids is 2. The van der Waals surface area contributed by atoms with E-state index in [2.05, 4.69) is 56.9 Å². The first-order valence-corrected chi connectivity index (χ1v) is 13.5. The van der Waals surface area contributed by atoms with E-state index in [-0.39, 0.29) is 12.5 Å². The number of ether oxygens (including phenoxy) is 1. The maximum Gasteiger partial charge on any atom is 0.341 e. The standard InChI is InChI=1S/C31H34N2O3S/c1-8-14-33-26-13-12-22(18(3)4)16-24(26)21(7)28(33)29(34)32-30-27(31(35)36-9-2)25(17-37-30)23-11-10-19(5)20(6)15-23/h8,10-13,15-18H,1,9,14H2,2-7H3,(H,32,34). The van der Waals surface area contributed by atoms with E-state index < -0.39 is 5.97 Å². The minimum Gasteiger partial charge on any atom is -0.462 e. The number of hydrogen-bond acceptors (Lipinski definition) is 4. The van der Waals surface area contributed by atoms with Crippen LogP contribution in [0.15, 0.2) is 54.4 Å². The molecule has 6 heteroatoms. The molecule has 1 amide bonds. The van der Waals surface area contributed by atoms with Gasteiger partial charge in [0, 0.05) is 28.4 Å². The van der Waals surface area contributed by atoms with Gasteiger partial charge in [0.15, 0.2) is 0 Å². The molecule has 0 saturated carbocycles. The number of benzene rings is 2. The summed E-state index contributed by atoms with van der Waals surface area (Å²) in [5.41, 5.74) is 8.04. The molecule has 0 saturated heterocycles. The summed E-state index contributed by atoms with van der Waals surface area (Å²) in [4.78, 5) is 26.9. The van der Waals surface area contributed by atoms with Crippen molar-refractivity contribution in [3.8, 4) is 11.1 Å². The van der Waals surface area contributed by atoms with Crippen molar-refractivity contribution in [1.82, 2.24) is 4.57 Å². The number of amides is 1. The second-order valence-corrected chi connectivity index (χ2v) is 10.5. The van der Waals surface area contributed by atoms with Crippen molar-refractivity contribution in [3.63, 3.8) is 0 Å². The first kappa shape index (κ1) is 26.4. The number of thiophene rings is 1. The third-order valence-electron chi connectivity index (χ3n) is 6.85. The fraction of sp³-hybridized carbons (Fsp3) is 0.290. The lowest BCUT2D eigenvalue weighted by atomic mass is 9.99. The second kappa shape index (κ2) is 10.8. The Morgan fingerprint density at radius 2 is 1.86 bits per heavy atom. The molecule has 0 radical (unpaired) electrons. The van der Waals surface area contributed by atoms with Gasteiger partial charge in [-0.15, -0.1) is 17.9 Å². The molecule has 37 heavy (non-hydrogen) atoms. The number of hydrogen-bond donors (Lipinski definition) is 1. The molecule has 0 aliphatic heterocycles. The maximum absolute atomic E-state index is 13.8. The van der Waals surface area contributed by atoms with Gasteiger partial charge >= 0.3 is 5.97 Å². The Morgan fingerprint density at radius 3 is 2.51 bits per heavy atom. The number of aromatic nitrogens is 1. The molecule has 0 atom stereocenters. The third kappa shape index (κ3) is 4.98. The molecular weight excluding hydrogens is 480 g/mol. The van der Waals surface area contributed by atoms with Gasteiger partial charge < -0.3 is 14.6 Å². The number of aryl methyl sites for hydroxylation is 3. The molecule has 0 bridgehead atoms. The summed E-state index contributed by atoms with van der Waals surface area (Å²) in [5.74, 6) is -0.330. The number of esters is 1. The van der Waals surface area contributed by atoms with Crippen LogP contribution in [0.2, 0.25) is 0 Å². The van der Waals surface area contributed by atoms with Crippen LogP contribution >= 0.6 is 11.3 Å². The predicted octanol–water partition coefficient (Wildman–Crippen LogP) is 8.03. The van der Waals surface area contributed by atoms with Crippen LogP contribution in [-0.2, 0) is 11.3 Å². The van der Waals surface area contributed by atoms with Crippen molar-refractivity contribution in [3.05, 3.63) is 87.9 Å². The third-order valence-corrected chi connectivity index (χ3v) is 7.74. The maximum atomic E-state index is 13.8. The van der Waals surface area contributed by atoms with E-state index in [1.165, 1.54) is 22.5 Å². The average Bonchev–Trinajstić information content (AvgIpc) is 3.40. The summed E-state index contributed by atoms with van der Waals surface area (Å²) < 4.78 is 7.38. The molecule has 1 N–H and O–H groups in total. The van der Waals surface area contributed by atoms with Gasteiger partial charge in [-0.25, -0.2) is 4.79 Å². The Hall–Kier alpha value is -3.64. The van der Waals surface area contributed by atoms with Crippen LogP contribution < -0.4 is 5.32 Å². The highest BCUT2D eigenvalue weighted by atomic mass is 32.1. The molecule has 0 aliphatic carbocycles. The van der Waals surface area contributed by atoms with Gasteiger partial charge in [-0.3, -0.25) is 4.79 Å². The predicted molar refractivity (Wildman–Crippen MR) is 154 cm³/mol. The summed E-state index contributed by atoms with van der Waals surface area (Å²) >= 11 is 1.33. The minimum atomic E-state index is -0.447. The van der Waals surface area contributed by atoms with E-state index in [4.69, 9.17) is 4.74 Å². The molecule has 2 aromatic heterocycles. The second-order valence-electron chi connectivity index (χ2n) is 9.63. The summed E-state index contributed by atoms with van der Waals surface area (Å²) in [6.07, 6.45) is 1.79. The molecule has 2 heterocycles. The van der Waals surface area contributed by atoms with Gasteiger partial charge in [0.1, 0.15) is 16.3 Å². The topological polar surface area (TPSA) is 60.3 Å². The number of nitrogens with zero attached hydrogens (tertiary/aromatic N) is 1. The van der Waals surface area contributed by atoms with E-state index in [9.17, 15) is 9.59 Å². The lowest BCUT2D eigenvalue weighted by Gasteiger charge is -2.12. The highest BCUT2D eigenvalue weighted by Crippen LogP contribution is 2.38. The van der Waals surface area contributed by atoms with Crippen LogP contribution in [0.5, 0.6) is 0 Å². The number of allylic oxidation sites excluding steroid dienone is 1. The normalized spacial score (nSPS) is 11.2. The van der Waals surface area contributed by atoms with Gasteiger partial charge in [0.2, 0.25) is 0 Å². The van der Waals surface area contributed by atoms with Crippen molar-refractivity contribution in [2.75, 3.05) is 11.9 Å². The van der Waals surface area contributed by atoms with Gasteiger partial charge in [-0.05, 0) is 73.6 Å². The zero-order chi connectivity index (χ0) is 26.9. The van der Waals surface area contributed by atoms with Crippen LogP contribution in [0.25, 0.3) is 22.0 Å². The first-order valence-electron chi connectivity index (χ1n) is 12.6. The number of anilines is 1. The monoisotopic (exact) mass is 514 g/mol. The highest BCUT2D eigenvalue weighted by Gasteiger charge is 2.26. The van der Waals surface area contributed by atoms with E-state index in [1.54, 1.807) is 13.0 Å². The number of nitrogens with one attached hydrogen (secondary N) is 1. The smallest absolute Gasteiger partial charge is 0.341 e. The molecule has 0 spiro atoms. The lowest BCUT2D eigenvalue weighted by molar-refractivity contribution is 0.0529. The first-order chi connectivity index (χ1) is 17.7. The summed E-state index contributed by atoms with van der Waals surface area (Å²) in [6.45, 7) is 16.8. The van der Waals surface area contributed by atoms with E-state index >= 15 is 0 Å². The number of rotatable bonds is 8. The van der Waals surface area contributed by atoms with Gasteiger partial charge in [-0.1, -0.05) is 44.2 Å². The highest BCUT2D eigenvalue weighted by molar-refractivity contribution is 7.15. The lowest BCUT2D eigenvalue weighted by Crippen LogP contribution is -2.19. The largest absolute Gasteiger partial charge is 0.462 e. The van der Waals surface area contributed by atoms with Crippen LogP contribution in [0.1, 0.15) is 69.8 Å². The Bertz CT molecular complexity index is 1510. The molecular formula is C31H34N2O3S. The Morgan fingerprint density at radius 1 is 1.11 bits per heavy atom. The van der Waals surface area contributed by atoms with Crippen molar-refractivity contribution >= 4 is 39.1 Å². The molecule has 0 fully saturated rings. The Labute approximate surface area is 222 Å². The number of carbonyl (C=O) groups is 2. The molecule has 192 valence electrons. The zero-order valence-electron chi connectivity index (χ0n) is 22.4. The fourth-order valence-electron chi connectivity index (χ4n) is 4.65. The van der Waals surface area contributed by atoms with Crippen molar-refractivity contribution in [2.24, 2.45) is 0 Å². The summed E-state index contributed by atoms with van der Waals surface area (Å²) in [5, 5.41) is 6.48. The molecule has 0 unspecified atom stereocenters. The van der Waals surface area contributed by atoms with Gasteiger partial charge in [0.05, 0.1) is 6.61 Å². The van der Waals surface area contributed by atoms with Crippen LogP contribution in [-0.4, -0.2) is 23.1 Å². The number of fused-ring (bicyclic) bond motifs is 1. The summed E-state index contributed by atoms with van der Waals surface area (Å²) in [6, 6.07) is 12.4. The van der Waals surface area contributed by atoms with Crippen molar-refractivity contribution < 1.29 is 14.3 Å². The van der Waals surface area contributed by atoms with E-state index in [0.29, 0.717) is 28.7 Å². The van der Waals surface area contributed by atoms with Crippen LogP contribution in [0.4, 0.5) is 5.00 Å². The van der Waals surface area contributed by atoms with Crippen LogP contribution in [0.3, 0.4) is 0 Å². The Balaban J connectivity index is 1.81. The zero-order valence-corrected chi connectivity index (χ0v) is 23.2. The van der Waals surface area contributed by atoms with Gasteiger partial charge in [0.25, 0.3) is 5.91 Å². The van der Waals surface area contributed by atoms with E-state index in [1.807, 2.05) is 35.9 Å². The van der Waals surface area contributed by atoms with Crippen molar-refractivity contribution in [1.29, 1.82) is 0 Å². The SMILES string of the molecule is C=CCn1c(C(=O)Nc2scc(-c3ccc(C)c(C)c3)c2C(=O)OCC)c(C)c2cc(C(C)C)ccc21. The molecule has 4 rings (SSSR count).